The number of carbonyl (C=O) groups is 1. The number of ether oxygens (including phenoxy) is 2. The summed E-state index contributed by atoms with van der Waals surface area (Å²) in [5.74, 6) is 3.05. The summed E-state index contributed by atoms with van der Waals surface area (Å²) >= 11 is 0. The number of anilines is 1. The zero-order chi connectivity index (χ0) is 17.7. The second-order valence-electron chi connectivity index (χ2n) is 6.92. The SMILES string of the molecule is Cn1c(C2CC2)nc2cc(CC(=O)Nc3ccc4c(c3)OCO4)ccc21. The highest BCUT2D eigenvalue weighted by molar-refractivity contribution is 5.93. The molecule has 5 rings (SSSR count). The van der Waals surface area contributed by atoms with Crippen LogP contribution in [-0.4, -0.2) is 22.3 Å². The molecule has 1 N–H and O–H groups in total. The first-order chi connectivity index (χ1) is 12.7. The smallest absolute Gasteiger partial charge is 0.231 e. The molecule has 0 atom stereocenters. The number of nitrogens with one attached hydrogen (secondary N) is 1. The summed E-state index contributed by atoms with van der Waals surface area (Å²) in [7, 11) is 2.06. The molecule has 1 aromatic heterocycles. The number of rotatable bonds is 4. The van der Waals surface area contributed by atoms with Gasteiger partial charge in [0, 0.05) is 24.7 Å². The van der Waals surface area contributed by atoms with Gasteiger partial charge in [0.15, 0.2) is 11.5 Å². The fraction of sp³-hybridized carbons (Fsp3) is 0.300. The quantitative estimate of drug-likeness (QED) is 0.784. The molecule has 2 aromatic carbocycles. The second kappa shape index (κ2) is 5.76. The Morgan fingerprint density at radius 3 is 2.88 bits per heavy atom. The first kappa shape index (κ1) is 15.3. The number of nitrogens with zero attached hydrogens (tertiary/aromatic N) is 2. The van der Waals surface area contributed by atoms with Crippen molar-refractivity contribution in [2.45, 2.75) is 25.2 Å². The van der Waals surface area contributed by atoms with Crippen molar-refractivity contribution in [3.8, 4) is 11.5 Å². The minimum atomic E-state index is -0.0680. The van der Waals surface area contributed by atoms with Crippen LogP contribution in [0.4, 0.5) is 5.69 Å². The zero-order valence-corrected chi connectivity index (χ0v) is 14.5. The number of hydrogen-bond acceptors (Lipinski definition) is 4. The summed E-state index contributed by atoms with van der Waals surface area (Å²) in [6.45, 7) is 0.222. The third-order valence-electron chi connectivity index (χ3n) is 4.94. The molecule has 1 amide bonds. The normalized spacial score (nSPS) is 15.4. The van der Waals surface area contributed by atoms with Crippen LogP contribution in [-0.2, 0) is 18.3 Å². The van der Waals surface area contributed by atoms with E-state index in [1.54, 1.807) is 12.1 Å². The van der Waals surface area contributed by atoms with Crippen molar-refractivity contribution in [3.63, 3.8) is 0 Å². The molecule has 2 aliphatic rings. The van der Waals surface area contributed by atoms with Crippen molar-refractivity contribution in [1.29, 1.82) is 0 Å². The molecule has 1 saturated carbocycles. The molecule has 1 aliphatic heterocycles. The van der Waals surface area contributed by atoms with Gasteiger partial charge in [-0.2, -0.15) is 0 Å². The summed E-state index contributed by atoms with van der Waals surface area (Å²) in [6.07, 6.45) is 2.75. The predicted molar refractivity (Wildman–Crippen MR) is 97.6 cm³/mol. The van der Waals surface area contributed by atoms with Gasteiger partial charge in [-0.25, -0.2) is 4.98 Å². The average Bonchev–Trinajstić information content (AvgIpc) is 3.27. The fourth-order valence-electron chi connectivity index (χ4n) is 3.45. The van der Waals surface area contributed by atoms with E-state index >= 15 is 0 Å². The molecule has 0 bridgehead atoms. The van der Waals surface area contributed by atoms with Crippen LogP contribution in [0.15, 0.2) is 36.4 Å². The van der Waals surface area contributed by atoms with E-state index in [2.05, 4.69) is 23.0 Å². The van der Waals surface area contributed by atoms with Gasteiger partial charge in [-0.05, 0) is 42.7 Å². The Morgan fingerprint density at radius 2 is 2.04 bits per heavy atom. The zero-order valence-electron chi connectivity index (χ0n) is 14.5. The van der Waals surface area contributed by atoms with Crippen LogP contribution in [0.5, 0.6) is 11.5 Å². The van der Waals surface area contributed by atoms with Crippen molar-refractivity contribution >= 4 is 22.6 Å². The Bertz CT molecular complexity index is 1020. The lowest BCUT2D eigenvalue weighted by atomic mass is 10.1. The van der Waals surface area contributed by atoms with Gasteiger partial charge < -0.3 is 19.4 Å². The molecule has 26 heavy (non-hydrogen) atoms. The lowest BCUT2D eigenvalue weighted by Crippen LogP contribution is -2.14. The van der Waals surface area contributed by atoms with E-state index in [9.17, 15) is 4.79 Å². The number of aryl methyl sites for hydroxylation is 1. The minimum Gasteiger partial charge on any atom is -0.454 e. The Labute approximate surface area is 150 Å². The van der Waals surface area contributed by atoms with Gasteiger partial charge >= 0.3 is 0 Å². The van der Waals surface area contributed by atoms with Crippen LogP contribution in [0, 0.1) is 0 Å². The summed E-state index contributed by atoms with van der Waals surface area (Å²) in [6, 6.07) is 11.5. The number of hydrogen-bond donors (Lipinski definition) is 1. The monoisotopic (exact) mass is 349 g/mol. The summed E-state index contributed by atoms with van der Waals surface area (Å²) in [5.41, 5.74) is 3.74. The standard InChI is InChI=1S/C20H19N3O3/c1-23-16-6-2-12(8-15(16)22-20(23)13-3-4-13)9-19(24)21-14-5-7-17-18(10-14)26-11-25-17/h2,5-8,10,13H,3-4,9,11H2,1H3,(H,21,24). The molecular formula is C20H19N3O3. The van der Waals surface area contributed by atoms with E-state index in [-0.39, 0.29) is 12.7 Å². The van der Waals surface area contributed by atoms with Crippen LogP contribution >= 0.6 is 0 Å². The summed E-state index contributed by atoms with van der Waals surface area (Å²) < 4.78 is 12.8. The molecule has 1 aliphatic carbocycles. The number of amides is 1. The molecular weight excluding hydrogens is 330 g/mol. The molecule has 6 nitrogen and oxygen atoms in total. The third-order valence-corrected chi connectivity index (χ3v) is 4.94. The van der Waals surface area contributed by atoms with E-state index in [4.69, 9.17) is 14.5 Å². The van der Waals surface area contributed by atoms with Gasteiger partial charge in [0.25, 0.3) is 0 Å². The molecule has 1 fully saturated rings. The molecule has 0 saturated heterocycles. The highest BCUT2D eigenvalue weighted by Gasteiger charge is 2.28. The van der Waals surface area contributed by atoms with Crippen LogP contribution < -0.4 is 14.8 Å². The Kier molecular flexibility index (Phi) is 3.38. The van der Waals surface area contributed by atoms with Crippen LogP contribution in [0.3, 0.4) is 0 Å². The minimum absolute atomic E-state index is 0.0680. The van der Waals surface area contributed by atoms with Crippen molar-refractivity contribution < 1.29 is 14.3 Å². The maximum atomic E-state index is 12.4. The Hall–Kier alpha value is -3.02. The molecule has 0 unspecified atom stereocenters. The van der Waals surface area contributed by atoms with Gasteiger partial charge in [-0.3, -0.25) is 4.79 Å². The van der Waals surface area contributed by atoms with Crippen molar-refractivity contribution in [3.05, 3.63) is 47.8 Å². The van der Waals surface area contributed by atoms with Crippen molar-refractivity contribution in [1.82, 2.24) is 9.55 Å². The van der Waals surface area contributed by atoms with Crippen LogP contribution in [0.1, 0.15) is 30.1 Å². The van der Waals surface area contributed by atoms with Crippen molar-refractivity contribution in [2.75, 3.05) is 12.1 Å². The predicted octanol–water partition coefficient (Wildman–Crippen LogP) is 3.36. The molecule has 132 valence electrons. The number of benzene rings is 2. The molecule has 3 aromatic rings. The maximum Gasteiger partial charge on any atom is 0.231 e. The van der Waals surface area contributed by atoms with E-state index in [1.807, 2.05) is 18.2 Å². The summed E-state index contributed by atoms with van der Waals surface area (Å²) in [5, 5.41) is 2.91. The fourth-order valence-corrected chi connectivity index (χ4v) is 3.45. The van der Waals surface area contributed by atoms with Crippen molar-refractivity contribution in [2.24, 2.45) is 7.05 Å². The summed E-state index contributed by atoms with van der Waals surface area (Å²) in [4.78, 5) is 17.2. The topological polar surface area (TPSA) is 65.4 Å². The average molecular weight is 349 g/mol. The van der Waals surface area contributed by atoms with Gasteiger partial charge in [0.2, 0.25) is 12.7 Å². The highest BCUT2D eigenvalue weighted by atomic mass is 16.7. The van der Waals surface area contributed by atoms with Gasteiger partial charge in [0.05, 0.1) is 17.5 Å². The third kappa shape index (κ3) is 2.67. The Balaban J connectivity index is 1.33. The number of carbonyl (C=O) groups excluding carboxylic acids is 1. The van der Waals surface area contributed by atoms with E-state index in [0.29, 0.717) is 29.5 Å². The highest BCUT2D eigenvalue weighted by Crippen LogP contribution is 2.40. The lowest BCUT2D eigenvalue weighted by Gasteiger charge is -2.06. The first-order valence-corrected chi connectivity index (χ1v) is 8.82. The number of imidazole rings is 1. The van der Waals surface area contributed by atoms with Gasteiger partial charge in [0.1, 0.15) is 5.82 Å². The lowest BCUT2D eigenvalue weighted by molar-refractivity contribution is -0.115. The van der Waals surface area contributed by atoms with Crippen LogP contribution in [0.25, 0.3) is 11.0 Å². The number of fused-ring (bicyclic) bond motifs is 2. The van der Waals surface area contributed by atoms with Gasteiger partial charge in [-0.15, -0.1) is 0 Å². The van der Waals surface area contributed by atoms with Crippen LogP contribution in [0.2, 0.25) is 0 Å². The Morgan fingerprint density at radius 1 is 1.19 bits per heavy atom. The second-order valence-corrected chi connectivity index (χ2v) is 6.92. The molecule has 6 heteroatoms. The largest absolute Gasteiger partial charge is 0.454 e. The van der Waals surface area contributed by atoms with E-state index < -0.39 is 0 Å². The van der Waals surface area contributed by atoms with Gasteiger partial charge in [-0.1, -0.05) is 6.07 Å². The number of aromatic nitrogens is 2. The first-order valence-electron chi connectivity index (χ1n) is 8.82. The maximum absolute atomic E-state index is 12.4. The molecule has 0 spiro atoms. The van der Waals surface area contributed by atoms with E-state index in [1.165, 1.54) is 12.8 Å². The molecule has 2 heterocycles. The molecule has 0 radical (unpaired) electrons. The van der Waals surface area contributed by atoms with E-state index in [0.717, 1.165) is 22.4 Å².